The minimum absolute atomic E-state index is 0.237. The SMILES string of the molecule is CCN1CCC(S(=O)(=O)c2ccc(CN)cc2)CC1. The van der Waals surface area contributed by atoms with Crippen molar-refractivity contribution >= 4 is 9.84 Å². The van der Waals surface area contributed by atoms with Gasteiger partial charge in [-0.15, -0.1) is 0 Å². The lowest BCUT2D eigenvalue weighted by molar-refractivity contribution is 0.241. The highest BCUT2D eigenvalue weighted by Crippen LogP contribution is 2.24. The Morgan fingerprint density at radius 3 is 2.26 bits per heavy atom. The van der Waals surface area contributed by atoms with Crippen molar-refractivity contribution in [3.63, 3.8) is 0 Å². The van der Waals surface area contributed by atoms with Gasteiger partial charge in [-0.3, -0.25) is 0 Å². The summed E-state index contributed by atoms with van der Waals surface area (Å²) in [6.07, 6.45) is 1.46. The molecule has 1 heterocycles. The van der Waals surface area contributed by atoms with E-state index >= 15 is 0 Å². The molecule has 0 saturated carbocycles. The van der Waals surface area contributed by atoms with E-state index in [4.69, 9.17) is 5.73 Å². The molecule has 5 heteroatoms. The second-order valence-corrected chi connectivity index (χ2v) is 7.25. The van der Waals surface area contributed by atoms with Gasteiger partial charge >= 0.3 is 0 Å². The Labute approximate surface area is 115 Å². The van der Waals surface area contributed by atoms with E-state index in [0.29, 0.717) is 11.4 Å². The zero-order chi connectivity index (χ0) is 13.9. The van der Waals surface area contributed by atoms with E-state index in [2.05, 4.69) is 11.8 Å². The average Bonchev–Trinajstić information content (AvgIpc) is 2.47. The summed E-state index contributed by atoms with van der Waals surface area (Å²) < 4.78 is 25.1. The number of nitrogens with zero attached hydrogens (tertiary/aromatic N) is 1. The monoisotopic (exact) mass is 282 g/mol. The van der Waals surface area contributed by atoms with Crippen molar-refractivity contribution in [1.82, 2.24) is 4.90 Å². The lowest BCUT2D eigenvalue weighted by Gasteiger charge is -2.30. The van der Waals surface area contributed by atoms with Gasteiger partial charge in [0, 0.05) is 6.54 Å². The second-order valence-electron chi connectivity index (χ2n) is 5.03. The molecular formula is C14H22N2O2S. The molecule has 0 bridgehead atoms. The first-order chi connectivity index (χ1) is 9.07. The topological polar surface area (TPSA) is 63.4 Å². The maximum atomic E-state index is 12.5. The normalized spacial score (nSPS) is 18.6. The van der Waals surface area contributed by atoms with E-state index in [-0.39, 0.29) is 5.25 Å². The molecule has 2 rings (SSSR count). The fourth-order valence-electron chi connectivity index (χ4n) is 2.54. The van der Waals surface area contributed by atoms with Crippen LogP contribution in [-0.4, -0.2) is 38.2 Å². The average molecular weight is 282 g/mol. The summed E-state index contributed by atoms with van der Waals surface area (Å²) in [5.41, 5.74) is 6.49. The van der Waals surface area contributed by atoms with E-state index in [0.717, 1.165) is 38.0 Å². The zero-order valence-corrected chi connectivity index (χ0v) is 12.2. The molecule has 0 aromatic heterocycles. The summed E-state index contributed by atoms with van der Waals surface area (Å²) in [7, 11) is -3.19. The van der Waals surface area contributed by atoms with Gasteiger partial charge < -0.3 is 10.6 Å². The third-order valence-corrected chi connectivity index (χ3v) is 6.19. The predicted octanol–water partition coefficient (Wildman–Crippen LogP) is 1.40. The van der Waals surface area contributed by atoms with Crippen LogP contribution in [0.15, 0.2) is 29.2 Å². The van der Waals surface area contributed by atoms with Crippen LogP contribution in [0.3, 0.4) is 0 Å². The summed E-state index contributed by atoms with van der Waals surface area (Å²) >= 11 is 0. The summed E-state index contributed by atoms with van der Waals surface area (Å²) in [6.45, 7) is 5.30. The zero-order valence-electron chi connectivity index (χ0n) is 11.4. The van der Waals surface area contributed by atoms with Crippen LogP contribution >= 0.6 is 0 Å². The van der Waals surface area contributed by atoms with Crippen molar-refractivity contribution in [3.8, 4) is 0 Å². The number of nitrogens with two attached hydrogens (primary N) is 1. The molecule has 0 atom stereocenters. The van der Waals surface area contributed by atoms with Crippen LogP contribution in [0, 0.1) is 0 Å². The Balaban J connectivity index is 2.13. The Hall–Kier alpha value is -0.910. The number of hydrogen-bond donors (Lipinski definition) is 1. The van der Waals surface area contributed by atoms with E-state index in [9.17, 15) is 8.42 Å². The highest BCUT2D eigenvalue weighted by atomic mass is 32.2. The highest BCUT2D eigenvalue weighted by molar-refractivity contribution is 7.92. The van der Waals surface area contributed by atoms with Gasteiger partial charge in [-0.2, -0.15) is 0 Å². The first-order valence-electron chi connectivity index (χ1n) is 6.83. The van der Waals surface area contributed by atoms with Gasteiger partial charge in [-0.1, -0.05) is 19.1 Å². The van der Waals surface area contributed by atoms with Gasteiger partial charge in [-0.05, 0) is 50.2 Å². The third-order valence-electron chi connectivity index (χ3n) is 3.91. The summed E-state index contributed by atoms with van der Waals surface area (Å²) in [5, 5.41) is -0.237. The number of likely N-dealkylation sites (tertiary alicyclic amines) is 1. The molecule has 0 aliphatic carbocycles. The lowest BCUT2D eigenvalue weighted by atomic mass is 10.1. The van der Waals surface area contributed by atoms with Crippen LogP contribution in [0.4, 0.5) is 0 Å². The third kappa shape index (κ3) is 3.16. The standard InChI is InChI=1S/C14H22N2O2S/c1-2-16-9-7-14(8-10-16)19(17,18)13-5-3-12(11-15)4-6-13/h3-6,14H,2,7-11,15H2,1H3. The van der Waals surface area contributed by atoms with Crippen LogP contribution < -0.4 is 5.73 Å². The molecule has 4 nitrogen and oxygen atoms in total. The smallest absolute Gasteiger partial charge is 0.181 e. The molecule has 1 saturated heterocycles. The first kappa shape index (κ1) is 14.5. The molecule has 1 aromatic carbocycles. The van der Waals surface area contributed by atoms with Crippen molar-refractivity contribution in [2.24, 2.45) is 5.73 Å². The van der Waals surface area contributed by atoms with E-state index in [1.54, 1.807) is 24.3 Å². The second kappa shape index (κ2) is 6.03. The maximum Gasteiger partial charge on any atom is 0.181 e. The van der Waals surface area contributed by atoms with Crippen LogP contribution in [-0.2, 0) is 16.4 Å². The molecule has 0 unspecified atom stereocenters. The molecule has 1 aliphatic rings. The van der Waals surface area contributed by atoms with Gasteiger partial charge in [0.2, 0.25) is 0 Å². The quantitative estimate of drug-likeness (QED) is 0.907. The van der Waals surface area contributed by atoms with E-state index in [1.165, 1.54) is 0 Å². The maximum absolute atomic E-state index is 12.5. The van der Waals surface area contributed by atoms with Gasteiger partial charge in [0.15, 0.2) is 9.84 Å². The Kier molecular flexibility index (Phi) is 4.60. The van der Waals surface area contributed by atoms with E-state index < -0.39 is 9.84 Å². The van der Waals surface area contributed by atoms with Gasteiger partial charge in [0.05, 0.1) is 10.1 Å². The van der Waals surface area contributed by atoms with E-state index in [1.807, 2.05) is 0 Å². The van der Waals surface area contributed by atoms with Crippen LogP contribution in [0.25, 0.3) is 0 Å². The molecule has 106 valence electrons. The largest absolute Gasteiger partial charge is 0.326 e. The first-order valence-corrected chi connectivity index (χ1v) is 8.37. The summed E-state index contributed by atoms with van der Waals surface area (Å²) in [4.78, 5) is 2.73. The molecule has 1 fully saturated rings. The number of rotatable bonds is 4. The molecule has 2 N–H and O–H groups in total. The summed E-state index contributed by atoms with van der Waals surface area (Å²) in [5.74, 6) is 0. The Morgan fingerprint density at radius 2 is 1.79 bits per heavy atom. The van der Waals surface area contributed by atoms with Crippen molar-refractivity contribution < 1.29 is 8.42 Å². The molecular weight excluding hydrogens is 260 g/mol. The van der Waals surface area contributed by atoms with Crippen molar-refractivity contribution in [3.05, 3.63) is 29.8 Å². The van der Waals surface area contributed by atoms with Gasteiger partial charge in [-0.25, -0.2) is 8.42 Å². The number of piperidine rings is 1. The molecule has 1 aromatic rings. The number of benzene rings is 1. The van der Waals surface area contributed by atoms with Crippen LogP contribution in [0.2, 0.25) is 0 Å². The van der Waals surface area contributed by atoms with Gasteiger partial charge in [0.1, 0.15) is 0 Å². The molecule has 0 amide bonds. The van der Waals surface area contributed by atoms with Crippen molar-refractivity contribution in [2.75, 3.05) is 19.6 Å². The number of sulfone groups is 1. The van der Waals surface area contributed by atoms with Crippen LogP contribution in [0.5, 0.6) is 0 Å². The van der Waals surface area contributed by atoms with Crippen LogP contribution in [0.1, 0.15) is 25.3 Å². The minimum atomic E-state index is -3.19. The fraction of sp³-hybridized carbons (Fsp3) is 0.571. The minimum Gasteiger partial charge on any atom is -0.326 e. The molecule has 19 heavy (non-hydrogen) atoms. The Bertz CT molecular complexity index is 503. The van der Waals surface area contributed by atoms with Crippen molar-refractivity contribution in [1.29, 1.82) is 0 Å². The Morgan fingerprint density at radius 1 is 1.21 bits per heavy atom. The van der Waals surface area contributed by atoms with Gasteiger partial charge in [0.25, 0.3) is 0 Å². The molecule has 0 radical (unpaired) electrons. The predicted molar refractivity (Wildman–Crippen MR) is 76.7 cm³/mol. The fourth-order valence-corrected chi connectivity index (χ4v) is 4.28. The highest BCUT2D eigenvalue weighted by Gasteiger charge is 2.30. The number of hydrogen-bond acceptors (Lipinski definition) is 4. The summed E-state index contributed by atoms with van der Waals surface area (Å²) in [6, 6.07) is 6.97. The lowest BCUT2D eigenvalue weighted by Crippen LogP contribution is -2.39. The molecule has 0 spiro atoms. The molecule has 1 aliphatic heterocycles. The van der Waals surface area contributed by atoms with Crippen molar-refractivity contribution in [2.45, 2.75) is 36.5 Å².